The topological polar surface area (TPSA) is 96.4 Å². The zero-order valence-electron chi connectivity index (χ0n) is 21.7. The first-order valence-corrected chi connectivity index (χ1v) is 12.8. The van der Waals surface area contributed by atoms with E-state index in [0.29, 0.717) is 18.8 Å². The molecular formula is C28H40N4O3. The van der Waals surface area contributed by atoms with E-state index in [-0.39, 0.29) is 23.0 Å². The summed E-state index contributed by atoms with van der Waals surface area (Å²) in [5, 5.41) is 17.7. The fourth-order valence-corrected chi connectivity index (χ4v) is 5.28. The van der Waals surface area contributed by atoms with Crippen LogP contribution in [0.2, 0.25) is 0 Å². The van der Waals surface area contributed by atoms with Crippen LogP contribution in [0.15, 0.2) is 30.6 Å². The second kappa shape index (κ2) is 10.2. The number of amides is 1. The molecule has 3 N–H and O–H groups in total. The number of nitrogens with zero attached hydrogens (tertiary/aromatic N) is 2. The van der Waals surface area contributed by atoms with Gasteiger partial charge in [0.2, 0.25) is 11.8 Å². The molecule has 1 fully saturated rings. The van der Waals surface area contributed by atoms with Gasteiger partial charge in [-0.15, -0.1) is 0 Å². The van der Waals surface area contributed by atoms with Crippen LogP contribution in [0.5, 0.6) is 5.88 Å². The van der Waals surface area contributed by atoms with Crippen molar-refractivity contribution in [3.8, 4) is 5.88 Å². The molecule has 35 heavy (non-hydrogen) atoms. The molecule has 0 aromatic carbocycles. The number of pyridine rings is 2. The van der Waals surface area contributed by atoms with Crippen molar-refractivity contribution in [1.82, 2.24) is 20.6 Å². The number of ether oxygens (including phenoxy) is 1. The first-order chi connectivity index (χ1) is 16.5. The number of aryl methyl sites for hydroxylation is 1. The number of carbonyl (C=O) groups excluding carboxylic acids is 1. The summed E-state index contributed by atoms with van der Waals surface area (Å²) >= 11 is 0. The number of aromatic nitrogens is 2. The number of aliphatic hydroxyl groups excluding tert-OH is 1. The van der Waals surface area contributed by atoms with Crippen molar-refractivity contribution in [1.29, 1.82) is 0 Å². The maximum atomic E-state index is 11.9. The highest BCUT2D eigenvalue weighted by Gasteiger charge is 2.46. The van der Waals surface area contributed by atoms with Crippen LogP contribution in [0.4, 0.5) is 0 Å². The maximum Gasteiger partial charge on any atom is 0.218 e. The smallest absolute Gasteiger partial charge is 0.218 e. The van der Waals surface area contributed by atoms with E-state index in [1.165, 1.54) is 18.9 Å². The van der Waals surface area contributed by atoms with E-state index < -0.39 is 12.1 Å². The molecule has 1 aliphatic heterocycles. The van der Waals surface area contributed by atoms with E-state index in [2.05, 4.69) is 42.5 Å². The van der Waals surface area contributed by atoms with Crippen LogP contribution in [0.3, 0.4) is 0 Å². The zero-order valence-corrected chi connectivity index (χ0v) is 21.7. The SMILES string of the molecule is CC(=O)N[C@@H](Cc1ccnc(C)c1)[C@H](O)CN[C@H]1CC2(CCC2)Oc2ncc(CC(C)(C)C)cc21. The van der Waals surface area contributed by atoms with Gasteiger partial charge in [0.05, 0.1) is 12.1 Å². The Morgan fingerprint density at radius 3 is 2.66 bits per heavy atom. The van der Waals surface area contributed by atoms with Gasteiger partial charge in [-0.05, 0) is 73.8 Å². The summed E-state index contributed by atoms with van der Waals surface area (Å²) in [6, 6.07) is 5.78. The highest BCUT2D eigenvalue weighted by molar-refractivity contribution is 5.73. The molecule has 1 spiro atoms. The van der Waals surface area contributed by atoms with E-state index in [4.69, 9.17) is 9.72 Å². The number of hydrogen-bond donors (Lipinski definition) is 3. The van der Waals surface area contributed by atoms with Crippen LogP contribution in [-0.4, -0.2) is 45.3 Å². The average Bonchev–Trinajstić information content (AvgIpc) is 2.74. The number of carbonyl (C=O) groups is 1. The summed E-state index contributed by atoms with van der Waals surface area (Å²) in [6.45, 7) is 10.5. The molecule has 0 radical (unpaired) electrons. The Morgan fingerprint density at radius 2 is 2.03 bits per heavy atom. The van der Waals surface area contributed by atoms with Crippen molar-refractivity contribution in [3.05, 3.63) is 53.0 Å². The second-order valence-electron chi connectivity index (χ2n) is 11.7. The number of nitrogens with one attached hydrogen (secondary N) is 2. The van der Waals surface area contributed by atoms with Crippen molar-refractivity contribution >= 4 is 5.91 Å². The molecule has 2 aliphatic rings. The fourth-order valence-electron chi connectivity index (χ4n) is 5.28. The lowest BCUT2D eigenvalue weighted by Gasteiger charge is -2.47. The van der Waals surface area contributed by atoms with Gasteiger partial charge in [-0.25, -0.2) is 4.98 Å². The van der Waals surface area contributed by atoms with Crippen LogP contribution in [0.25, 0.3) is 0 Å². The molecule has 3 heterocycles. The van der Waals surface area contributed by atoms with Gasteiger partial charge >= 0.3 is 0 Å². The molecule has 1 saturated carbocycles. The lowest BCUT2D eigenvalue weighted by atomic mass is 9.73. The molecular weight excluding hydrogens is 440 g/mol. The van der Waals surface area contributed by atoms with Gasteiger partial charge in [-0.2, -0.15) is 0 Å². The van der Waals surface area contributed by atoms with Crippen LogP contribution >= 0.6 is 0 Å². The highest BCUT2D eigenvalue weighted by atomic mass is 16.5. The van der Waals surface area contributed by atoms with E-state index in [1.807, 2.05) is 25.3 Å². The number of rotatable bonds is 8. The highest BCUT2D eigenvalue weighted by Crippen LogP contribution is 2.48. The largest absolute Gasteiger partial charge is 0.471 e. The van der Waals surface area contributed by atoms with Gasteiger partial charge in [-0.1, -0.05) is 20.8 Å². The van der Waals surface area contributed by atoms with Crippen molar-refractivity contribution in [3.63, 3.8) is 0 Å². The Bertz CT molecular complexity index is 1040. The van der Waals surface area contributed by atoms with Crippen molar-refractivity contribution in [2.24, 2.45) is 5.41 Å². The molecule has 0 unspecified atom stereocenters. The van der Waals surface area contributed by atoms with Crippen LogP contribution in [0, 0.1) is 12.3 Å². The fraction of sp³-hybridized carbons (Fsp3) is 0.607. The molecule has 3 atom stereocenters. The Hall–Kier alpha value is -2.51. The van der Waals surface area contributed by atoms with Crippen molar-refractivity contribution in [2.75, 3.05) is 6.54 Å². The summed E-state index contributed by atoms with van der Waals surface area (Å²) in [5.74, 6) is 0.562. The van der Waals surface area contributed by atoms with E-state index in [9.17, 15) is 9.90 Å². The molecule has 0 bridgehead atoms. The third kappa shape index (κ3) is 6.58. The minimum absolute atomic E-state index is 0.0438. The summed E-state index contributed by atoms with van der Waals surface area (Å²) in [5.41, 5.74) is 4.23. The predicted octanol–water partition coefficient (Wildman–Crippen LogP) is 3.82. The normalized spacial score (nSPS) is 20.3. The summed E-state index contributed by atoms with van der Waals surface area (Å²) in [7, 11) is 0. The molecule has 7 heteroatoms. The first kappa shape index (κ1) is 25.6. The monoisotopic (exact) mass is 480 g/mol. The molecule has 7 nitrogen and oxygen atoms in total. The molecule has 2 aromatic heterocycles. The molecule has 4 rings (SSSR count). The standard InChI is InChI=1S/C28H40N4O3/c1-18-11-20(7-10-29-18)13-23(32-19(2)33)25(34)17-30-24-15-28(8-6-9-28)35-26-22(24)12-21(16-31-26)14-27(3,4)5/h7,10-12,16,23-25,30,34H,6,8-9,13-15,17H2,1-5H3,(H,32,33)/t23-,24-,25+/m0/s1. The predicted molar refractivity (Wildman–Crippen MR) is 136 cm³/mol. The zero-order chi connectivity index (χ0) is 25.2. The molecule has 1 aliphatic carbocycles. The van der Waals surface area contributed by atoms with Crippen LogP contribution in [-0.2, 0) is 17.6 Å². The second-order valence-corrected chi connectivity index (χ2v) is 11.7. The Kier molecular flexibility index (Phi) is 7.48. The number of hydrogen-bond acceptors (Lipinski definition) is 6. The van der Waals surface area contributed by atoms with Gasteiger partial charge in [0, 0.05) is 49.6 Å². The van der Waals surface area contributed by atoms with E-state index >= 15 is 0 Å². The van der Waals surface area contributed by atoms with Gasteiger partial charge in [0.15, 0.2) is 0 Å². The first-order valence-electron chi connectivity index (χ1n) is 12.8. The van der Waals surface area contributed by atoms with Gasteiger partial charge in [-0.3, -0.25) is 9.78 Å². The summed E-state index contributed by atoms with van der Waals surface area (Å²) in [4.78, 5) is 20.8. The quantitative estimate of drug-likeness (QED) is 0.532. The third-order valence-electron chi connectivity index (χ3n) is 7.04. The van der Waals surface area contributed by atoms with Crippen LogP contribution in [0.1, 0.15) is 81.8 Å². The Morgan fingerprint density at radius 1 is 1.26 bits per heavy atom. The Balaban J connectivity index is 1.50. The summed E-state index contributed by atoms with van der Waals surface area (Å²) < 4.78 is 6.39. The van der Waals surface area contributed by atoms with Crippen molar-refractivity contribution < 1.29 is 14.6 Å². The molecule has 190 valence electrons. The third-order valence-corrected chi connectivity index (χ3v) is 7.04. The van der Waals surface area contributed by atoms with Crippen LogP contribution < -0.4 is 15.4 Å². The number of aliphatic hydroxyl groups is 1. The maximum absolute atomic E-state index is 11.9. The average molecular weight is 481 g/mol. The van der Waals surface area contributed by atoms with Gasteiger partial charge in [0.1, 0.15) is 5.60 Å². The minimum Gasteiger partial charge on any atom is -0.471 e. The van der Waals surface area contributed by atoms with E-state index in [0.717, 1.165) is 42.5 Å². The van der Waals surface area contributed by atoms with E-state index in [1.54, 1.807) is 6.20 Å². The number of fused-ring (bicyclic) bond motifs is 1. The lowest BCUT2D eigenvalue weighted by molar-refractivity contribution is -0.120. The molecule has 0 saturated heterocycles. The van der Waals surface area contributed by atoms with Crippen molar-refractivity contribution in [2.45, 2.75) is 96.9 Å². The Labute approximate surface area is 209 Å². The molecule has 2 aromatic rings. The van der Waals surface area contributed by atoms with Gasteiger partial charge < -0.3 is 20.5 Å². The van der Waals surface area contributed by atoms with Gasteiger partial charge in [0.25, 0.3) is 0 Å². The lowest BCUT2D eigenvalue weighted by Crippen LogP contribution is -2.52. The minimum atomic E-state index is -0.748. The summed E-state index contributed by atoms with van der Waals surface area (Å²) in [6.07, 6.45) is 8.53. The molecule has 1 amide bonds.